The summed E-state index contributed by atoms with van der Waals surface area (Å²) in [5.41, 5.74) is 2.46. The van der Waals surface area contributed by atoms with Crippen molar-refractivity contribution in [1.29, 1.82) is 0 Å². The monoisotopic (exact) mass is 508 g/mol. The number of anilines is 1. The SMILES string of the molecule is CC(=O)Oc1ccc(N2C(=O)CC(N(CCC3=CCCCC3)C(=O)Cc3ccc(Cl)cc3)C2=O)cc1. The van der Waals surface area contributed by atoms with E-state index in [4.69, 9.17) is 16.3 Å². The van der Waals surface area contributed by atoms with Crippen LogP contribution in [0.25, 0.3) is 0 Å². The van der Waals surface area contributed by atoms with Gasteiger partial charge in [0.15, 0.2) is 0 Å². The van der Waals surface area contributed by atoms with Crippen LogP contribution < -0.4 is 9.64 Å². The van der Waals surface area contributed by atoms with E-state index in [2.05, 4.69) is 6.08 Å². The normalized spacial score (nSPS) is 17.7. The first-order valence-corrected chi connectivity index (χ1v) is 12.6. The summed E-state index contributed by atoms with van der Waals surface area (Å²) in [6.07, 6.45) is 7.28. The molecule has 1 saturated heterocycles. The van der Waals surface area contributed by atoms with Crippen LogP contribution >= 0.6 is 11.6 Å². The highest BCUT2D eigenvalue weighted by atomic mass is 35.5. The molecule has 2 aromatic carbocycles. The van der Waals surface area contributed by atoms with Crippen LogP contribution in [0.4, 0.5) is 5.69 Å². The number of nitrogens with zero attached hydrogens (tertiary/aromatic N) is 2. The number of halogens is 1. The van der Waals surface area contributed by atoms with Crippen molar-refractivity contribution in [1.82, 2.24) is 4.90 Å². The molecule has 1 aliphatic carbocycles. The number of allylic oxidation sites excluding steroid dienone is 1. The van der Waals surface area contributed by atoms with Gasteiger partial charge in [-0.25, -0.2) is 4.90 Å². The highest BCUT2D eigenvalue weighted by Gasteiger charge is 2.44. The van der Waals surface area contributed by atoms with Crippen molar-refractivity contribution in [3.05, 3.63) is 70.8 Å². The molecular formula is C28H29ClN2O5. The van der Waals surface area contributed by atoms with Crippen LogP contribution in [0.15, 0.2) is 60.2 Å². The van der Waals surface area contributed by atoms with Gasteiger partial charge in [-0.15, -0.1) is 0 Å². The summed E-state index contributed by atoms with van der Waals surface area (Å²) < 4.78 is 5.04. The molecule has 0 spiro atoms. The Morgan fingerprint density at radius 2 is 1.78 bits per heavy atom. The number of carbonyl (C=O) groups is 4. The molecule has 8 heteroatoms. The number of hydrogen-bond donors (Lipinski definition) is 0. The first-order chi connectivity index (χ1) is 17.3. The Bertz CT molecular complexity index is 1170. The second kappa shape index (κ2) is 11.5. The highest BCUT2D eigenvalue weighted by molar-refractivity contribution is 6.30. The molecule has 0 aromatic heterocycles. The summed E-state index contributed by atoms with van der Waals surface area (Å²) in [7, 11) is 0. The quantitative estimate of drug-likeness (QED) is 0.220. The molecule has 1 fully saturated rings. The fraction of sp³-hybridized carbons (Fsp3) is 0.357. The third kappa shape index (κ3) is 6.21. The topological polar surface area (TPSA) is 84.0 Å². The molecule has 2 aromatic rings. The summed E-state index contributed by atoms with van der Waals surface area (Å²) in [6, 6.07) is 12.4. The third-order valence-corrected chi connectivity index (χ3v) is 6.76. The molecule has 4 rings (SSSR count). The minimum Gasteiger partial charge on any atom is -0.427 e. The van der Waals surface area contributed by atoms with Crippen LogP contribution in [0.2, 0.25) is 5.02 Å². The number of ether oxygens (including phenoxy) is 1. The van der Waals surface area contributed by atoms with Gasteiger partial charge in [0.2, 0.25) is 11.8 Å². The first kappa shape index (κ1) is 25.6. The number of hydrogen-bond acceptors (Lipinski definition) is 5. The highest BCUT2D eigenvalue weighted by Crippen LogP contribution is 2.29. The molecule has 1 atom stereocenters. The van der Waals surface area contributed by atoms with Gasteiger partial charge in [-0.3, -0.25) is 19.2 Å². The van der Waals surface area contributed by atoms with Crippen molar-refractivity contribution < 1.29 is 23.9 Å². The summed E-state index contributed by atoms with van der Waals surface area (Å²) in [5.74, 6) is -1.14. The van der Waals surface area contributed by atoms with Crippen molar-refractivity contribution in [2.75, 3.05) is 11.4 Å². The van der Waals surface area contributed by atoms with Crippen LogP contribution in [-0.2, 0) is 25.6 Å². The zero-order valence-corrected chi connectivity index (χ0v) is 21.0. The van der Waals surface area contributed by atoms with E-state index in [1.807, 2.05) is 0 Å². The van der Waals surface area contributed by atoms with E-state index in [0.29, 0.717) is 29.4 Å². The predicted octanol–water partition coefficient (Wildman–Crippen LogP) is 4.86. The number of benzene rings is 2. The van der Waals surface area contributed by atoms with Gasteiger partial charge >= 0.3 is 5.97 Å². The van der Waals surface area contributed by atoms with Crippen molar-refractivity contribution in [3.63, 3.8) is 0 Å². The van der Waals surface area contributed by atoms with Gasteiger partial charge in [0.1, 0.15) is 11.8 Å². The maximum Gasteiger partial charge on any atom is 0.308 e. The molecule has 2 aliphatic rings. The molecule has 0 radical (unpaired) electrons. The smallest absolute Gasteiger partial charge is 0.308 e. The van der Waals surface area contributed by atoms with Gasteiger partial charge in [0, 0.05) is 18.5 Å². The maximum atomic E-state index is 13.5. The molecule has 1 heterocycles. The molecule has 0 bridgehead atoms. The van der Waals surface area contributed by atoms with Crippen molar-refractivity contribution >= 4 is 41.0 Å². The Balaban J connectivity index is 1.54. The largest absolute Gasteiger partial charge is 0.427 e. The zero-order chi connectivity index (χ0) is 25.7. The molecule has 3 amide bonds. The lowest BCUT2D eigenvalue weighted by Crippen LogP contribution is -2.46. The van der Waals surface area contributed by atoms with E-state index < -0.39 is 17.9 Å². The van der Waals surface area contributed by atoms with E-state index in [0.717, 1.165) is 29.7 Å². The average molecular weight is 509 g/mol. The van der Waals surface area contributed by atoms with Crippen LogP contribution in [0, 0.1) is 0 Å². The molecule has 0 N–H and O–H groups in total. The Labute approximate surface area is 215 Å². The number of amides is 3. The van der Waals surface area contributed by atoms with Crippen LogP contribution in [-0.4, -0.2) is 41.2 Å². The lowest BCUT2D eigenvalue weighted by Gasteiger charge is -2.29. The second-order valence-electron chi connectivity index (χ2n) is 9.12. The second-order valence-corrected chi connectivity index (χ2v) is 9.56. The lowest BCUT2D eigenvalue weighted by molar-refractivity contribution is -0.137. The Kier molecular flexibility index (Phi) is 8.21. The number of imide groups is 1. The Morgan fingerprint density at radius 1 is 1.06 bits per heavy atom. The molecule has 36 heavy (non-hydrogen) atoms. The van der Waals surface area contributed by atoms with Gasteiger partial charge in [0.05, 0.1) is 18.5 Å². The Morgan fingerprint density at radius 3 is 2.42 bits per heavy atom. The van der Waals surface area contributed by atoms with Gasteiger partial charge < -0.3 is 9.64 Å². The van der Waals surface area contributed by atoms with Crippen molar-refractivity contribution in [2.24, 2.45) is 0 Å². The maximum absolute atomic E-state index is 13.5. The minimum absolute atomic E-state index is 0.0735. The van der Waals surface area contributed by atoms with Gasteiger partial charge in [0.25, 0.3) is 5.91 Å². The van der Waals surface area contributed by atoms with E-state index in [9.17, 15) is 19.2 Å². The summed E-state index contributed by atoms with van der Waals surface area (Å²) in [5, 5.41) is 0.583. The van der Waals surface area contributed by atoms with Crippen LogP contribution in [0.5, 0.6) is 5.75 Å². The number of rotatable bonds is 8. The molecule has 1 unspecified atom stereocenters. The summed E-state index contributed by atoms with van der Waals surface area (Å²) in [4.78, 5) is 53.7. The van der Waals surface area contributed by atoms with E-state index in [1.165, 1.54) is 31.1 Å². The lowest BCUT2D eigenvalue weighted by atomic mass is 9.96. The fourth-order valence-electron chi connectivity index (χ4n) is 4.69. The predicted molar refractivity (Wildman–Crippen MR) is 137 cm³/mol. The molecule has 188 valence electrons. The summed E-state index contributed by atoms with van der Waals surface area (Å²) in [6.45, 7) is 1.67. The third-order valence-electron chi connectivity index (χ3n) is 6.50. The van der Waals surface area contributed by atoms with E-state index in [-0.39, 0.29) is 24.7 Å². The van der Waals surface area contributed by atoms with Gasteiger partial charge in [-0.1, -0.05) is 35.4 Å². The minimum atomic E-state index is -0.866. The average Bonchev–Trinajstić information content (AvgIpc) is 3.15. The van der Waals surface area contributed by atoms with Crippen molar-refractivity contribution in [3.8, 4) is 5.75 Å². The van der Waals surface area contributed by atoms with Gasteiger partial charge in [-0.05, 0) is 74.1 Å². The molecular weight excluding hydrogens is 480 g/mol. The van der Waals surface area contributed by atoms with Crippen LogP contribution in [0.1, 0.15) is 51.0 Å². The first-order valence-electron chi connectivity index (χ1n) is 12.2. The standard InChI is InChI=1S/C28H29ClN2O5/c1-19(32)36-24-13-11-23(12-14-24)31-27(34)18-25(28(31)35)30(16-15-20-5-3-2-4-6-20)26(33)17-21-7-9-22(29)10-8-21/h5,7-14,25H,2-4,6,15-18H2,1H3. The summed E-state index contributed by atoms with van der Waals surface area (Å²) >= 11 is 5.98. The fourth-order valence-corrected chi connectivity index (χ4v) is 4.81. The molecule has 0 saturated carbocycles. The molecule has 7 nitrogen and oxygen atoms in total. The number of esters is 1. The Hall–Kier alpha value is -3.45. The number of carbonyl (C=O) groups excluding carboxylic acids is 4. The zero-order valence-electron chi connectivity index (χ0n) is 20.2. The van der Waals surface area contributed by atoms with Crippen molar-refractivity contribution in [2.45, 2.75) is 57.9 Å². The van der Waals surface area contributed by atoms with Gasteiger partial charge in [-0.2, -0.15) is 0 Å². The van der Waals surface area contributed by atoms with E-state index >= 15 is 0 Å². The van der Waals surface area contributed by atoms with E-state index in [1.54, 1.807) is 41.3 Å². The van der Waals surface area contributed by atoms with Crippen LogP contribution in [0.3, 0.4) is 0 Å². The molecule has 1 aliphatic heterocycles.